The molecule has 98 valence electrons. The van der Waals surface area contributed by atoms with Crippen molar-refractivity contribution in [2.45, 2.75) is 45.8 Å². The van der Waals surface area contributed by atoms with Gasteiger partial charge in [0.15, 0.2) is 0 Å². The summed E-state index contributed by atoms with van der Waals surface area (Å²) in [5.41, 5.74) is 1.24. The molecule has 0 amide bonds. The van der Waals surface area contributed by atoms with Crippen LogP contribution in [-0.2, 0) is 17.7 Å². The molecule has 1 rings (SSSR count). The van der Waals surface area contributed by atoms with Gasteiger partial charge >= 0.3 is 0 Å². The summed E-state index contributed by atoms with van der Waals surface area (Å²) in [5, 5.41) is 7.48. The van der Waals surface area contributed by atoms with Gasteiger partial charge in [0, 0.05) is 6.20 Å². The summed E-state index contributed by atoms with van der Waals surface area (Å²) in [6, 6.07) is 0. The third-order valence-electron chi connectivity index (χ3n) is 2.43. The number of aryl methyl sites for hydroxylation is 1. The van der Waals surface area contributed by atoms with Gasteiger partial charge in [-0.3, -0.25) is 4.68 Å². The number of ether oxygens (including phenoxy) is 1. The smallest absolute Gasteiger partial charge is 0.0669 e. The largest absolute Gasteiger partial charge is 0.374 e. The first kappa shape index (κ1) is 14.2. The highest BCUT2D eigenvalue weighted by atomic mass is 16.5. The van der Waals surface area contributed by atoms with E-state index in [2.05, 4.69) is 37.4 Å². The zero-order valence-electron chi connectivity index (χ0n) is 11.5. The van der Waals surface area contributed by atoms with E-state index in [-0.39, 0.29) is 5.60 Å². The number of hydrogen-bond acceptors (Lipinski definition) is 3. The van der Waals surface area contributed by atoms with E-state index in [1.165, 1.54) is 5.56 Å². The first-order chi connectivity index (χ1) is 8.01. The Hall–Kier alpha value is -0.870. The van der Waals surface area contributed by atoms with E-state index >= 15 is 0 Å². The summed E-state index contributed by atoms with van der Waals surface area (Å²) in [6.45, 7) is 8.79. The maximum absolute atomic E-state index is 5.67. The van der Waals surface area contributed by atoms with Crippen molar-refractivity contribution >= 4 is 0 Å². The van der Waals surface area contributed by atoms with Crippen molar-refractivity contribution in [2.75, 3.05) is 20.2 Å². The van der Waals surface area contributed by atoms with Gasteiger partial charge in [-0.05, 0) is 52.8 Å². The minimum atomic E-state index is -0.0667. The number of nitrogens with one attached hydrogen (secondary N) is 1. The van der Waals surface area contributed by atoms with E-state index in [1.54, 1.807) is 0 Å². The van der Waals surface area contributed by atoms with Gasteiger partial charge in [-0.1, -0.05) is 0 Å². The van der Waals surface area contributed by atoms with Gasteiger partial charge in [-0.25, -0.2) is 0 Å². The van der Waals surface area contributed by atoms with E-state index in [1.807, 2.05) is 17.9 Å². The van der Waals surface area contributed by atoms with Crippen molar-refractivity contribution < 1.29 is 4.74 Å². The van der Waals surface area contributed by atoms with Gasteiger partial charge in [-0.15, -0.1) is 0 Å². The molecule has 1 aromatic heterocycles. The molecule has 0 saturated carbocycles. The second-order valence-corrected chi connectivity index (χ2v) is 5.28. The van der Waals surface area contributed by atoms with E-state index in [9.17, 15) is 0 Å². The molecule has 1 heterocycles. The average Bonchev–Trinajstić information content (AvgIpc) is 2.64. The molecule has 0 unspecified atom stereocenters. The Morgan fingerprint density at radius 2 is 2.18 bits per heavy atom. The molecule has 0 aromatic carbocycles. The molecular weight excluding hydrogens is 214 g/mol. The number of hydrogen-bond donors (Lipinski definition) is 1. The molecule has 0 aliphatic heterocycles. The fourth-order valence-corrected chi connectivity index (χ4v) is 1.57. The van der Waals surface area contributed by atoms with Crippen molar-refractivity contribution in [2.24, 2.45) is 0 Å². The third-order valence-corrected chi connectivity index (χ3v) is 2.43. The maximum atomic E-state index is 5.67. The van der Waals surface area contributed by atoms with Crippen molar-refractivity contribution in [3.63, 3.8) is 0 Å². The van der Waals surface area contributed by atoms with Gasteiger partial charge in [-0.2, -0.15) is 5.10 Å². The summed E-state index contributed by atoms with van der Waals surface area (Å²) >= 11 is 0. The van der Waals surface area contributed by atoms with Crippen molar-refractivity contribution in [3.05, 3.63) is 18.0 Å². The van der Waals surface area contributed by atoms with Gasteiger partial charge in [0.05, 0.1) is 24.9 Å². The highest BCUT2D eigenvalue weighted by Crippen LogP contribution is 2.07. The molecule has 0 saturated heterocycles. The zero-order valence-corrected chi connectivity index (χ0v) is 11.5. The lowest BCUT2D eigenvalue weighted by Gasteiger charge is -2.19. The standard InChI is InChI=1S/C13H25N3O/c1-13(2,3)17-9-8-16-11-12(10-15-16)6-5-7-14-4/h10-11,14H,5-9H2,1-4H3. The van der Waals surface area contributed by atoms with Crippen LogP contribution in [0, 0.1) is 0 Å². The van der Waals surface area contributed by atoms with Gasteiger partial charge < -0.3 is 10.1 Å². The third kappa shape index (κ3) is 6.44. The molecule has 0 aliphatic carbocycles. The summed E-state index contributed by atoms with van der Waals surface area (Å²) in [5.74, 6) is 0. The first-order valence-corrected chi connectivity index (χ1v) is 6.31. The summed E-state index contributed by atoms with van der Waals surface area (Å²) in [4.78, 5) is 0. The van der Waals surface area contributed by atoms with Crippen LogP contribution in [0.15, 0.2) is 12.4 Å². The molecule has 0 spiro atoms. The fraction of sp³-hybridized carbons (Fsp3) is 0.769. The van der Waals surface area contributed by atoms with Crippen LogP contribution in [0.25, 0.3) is 0 Å². The first-order valence-electron chi connectivity index (χ1n) is 6.31. The lowest BCUT2D eigenvalue weighted by Crippen LogP contribution is -2.22. The summed E-state index contributed by atoms with van der Waals surface area (Å²) in [7, 11) is 1.98. The van der Waals surface area contributed by atoms with Crippen LogP contribution in [0.3, 0.4) is 0 Å². The molecule has 0 fully saturated rings. The Bertz CT molecular complexity index is 315. The normalized spacial score (nSPS) is 12.0. The highest BCUT2D eigenvalue weighted by Gasteiger charge is 2.09. The van der Waals surface area contributed by atoms with Crippen LogP contribution < -0.4 is 5.32 Å². The average molecular weight is 239 g/mol. The second kappa shape index (κ2) is 6.77. The van der Waals surface area contributed by atoms with E-state index in [4.69, 9.17) is 4.74 Å². The van der Waals surface area contributed by atoms with Crippen LogP contribution in [0.5, 0.6) is 0 Å². The Kier molecular flexibility index (Phi) is 5.65. The second-order valence-electron chi connectivity index (χ2n) is 5.28. The van der Waals surface area contributed by atoms with Crippen molar-refractivity contribution in [3.8, 4) is 0 Å². The van der Waals surface area contributed by atoms with Crippen molar-refractivity contribution in [1.82, 2.24) is 15.1 Å². The van der Waals surface area contributed by atoms with Crippen LogP contribution in [0.4, 0.5) is 0 Å². The monoisotopic (exact) mass is 239 g/mol. The predicted octanol–water partition coefficient (Wildman–Crippen LogP) is 1.85. The molecular formula is C13H25N3O. The molecule has 1 aromatic rings. The topological polar surface area (TPSA) is 39.1 Å². The molecule has 4 nitrogen and oxygen atoms in total. The summed E-state index contributed by atoms with van der Waals surface area (Å²) < 4.78 is 7.63. The Morgan fingerprint density at radius 1 is 1.41 bits per heavy atom. The molecule has 0 bridgehead atoms. The molecule has 0 atom stereocenters. The SMILES string of the molecule is CNCCCc1cnn(CCOC(C)(C)C)c1. The van der Waals surface area contributed by atoms with E-state index in [0.717, 1.165) is 25.9 Å². The molecule has 4 heteroatoms. The van der Waals surface area contributed by atoms with E-state index in [0.29, 0.717) is 6.61 Å². The molecule has 17 heavy (non-hydrogen) atoms. The Morgan fingerprint density at radius 3 is 2.82 bits per heavy atom. The maximum Gasteiger partial charge on any atom is 0.0669 e. The Labute approximate surface area is 104 Å². The van der Waals surface area contributed by atoms with E-state index < -0.39 is 0 Å². The predicted molar refractivity (Wildman–Crippen MR) is 70.2 cm³/mol. The van der Waals surface area contributed by atoms with Crippen LogP contribution in [-0.4, -0.2) is 35.6 Å². The van der Waals surface area contributed by atoms with Crippen LogP contribution in [0.2, 0.25) is 0 Å². The number of nitrogens with zero attached hydrogens (tertiary/aromatic N) is 2. The lowest BCUT2D eigenvalue weighted by molar-refractivity contribution is -0.00789. The minimum absolute atomic E-state index is 0.0667. The quantitative estimate of drug-likeness (QED) is 0.738. The summed E-state index contributed by atoms with van der Waals surface area (Å²) in [6.07, 6.45) is 6.30. The zero-order chi connectivity index (χ0) is 12.7. The van der Waals surface area contributed by atoms with Crippen LogP contribution in [0.1, 0.15) is 32.8 Å². The molecule has 1 N–H and O–H groups in total. The fourth-order valence-electron chi connectivity index (χ4n) is 1.57. The lowest BCUT2D eigenvalue weighted by atomic mass is 10.2. The number of rotatable bonds is 7. The minimum Gasteiger partial charge on any atom is -0.374 e. The van der Waals surface area contributed by atoms with Gasteiger partial charge in [0.25, 0.3) is 0 Å². The molecule has 0 radical (unpaired) electrons. The van der Waals surface area contributed by atoms with Crippen molar-refractivity contribution in [1.29, 1.82) is 0 Å². The van der Waals surface area contributed by atoms with Gasteiger partial charge in [0.1, 0.15) is 0 Å². The van der Waals surface area contributed by atoms with Gasteiger partial charge in [0.2, 0.25) is 0 Å². The highest BCUT2D eigenvalue weighted by molar-refractivity contribution is 5.03. The number of aromatic nitrogens is 2. The molecule has 0 aliphatic rings. The van der Waals surface area contributed by atoms with Crippen LogP contribution >= 0.6 is 0 Å². The Balaban J connectivity index is 2.26.